The molecule has 0 atom stereocenters. The third-order valence-electron chi connectivity index (χ3n) is 2.77. The van der Waals surface area contributed by atoms with Crippen molar-refractivity contribution in [3.63, 3.8) is 0 Å². The lowest BCUT2D eigenvalue weighted by Crippen LogP contribution is -2.01. The Bertz CT molecular complexity index is 522. The second-order valence-electron chi connectivity index (χ2n) is 4.21. The zero-order chi connectivity index (χ0) is 13.5. The molecule has 0 radical (unpaired) electrons. The molecule has 0 saturated carbocycles. The Morgan fingerprint density at radius 2 is 1.58 bits per heavy atom. The molecule has 2 N–H and O–H groups in total. The highest BCUT2D eigenvalue weighted by Crippen LogP contribution is 2.20. The van der Waals surface area contributed by atoms with E-state index in [2.05, 4.69) is 0 Å². The first-order chi connectivity index (χ1) is 9.31. The highest BCUT2D eigenvalue weighted by Gasteiger charge is 2.07. The predicted molar refractivity (Wildman–Crippen MR) is 80.7 cm³/mol. The van der Waals surface area contributed by atoms with Crippen molar-refractivity contribution in [1.82, 2.24) is 0 Å². The summed E-state index contributed by atoms with van der Waals surface area (Å²) in [7, 11) is 0. The quantitative estimate of drug-likeness (QED) is 0.498. The number of hydrogen-bond donors (Lipinski definition) is 1. The molecule has 0 unspecified atom stereocenters. The third-order valence-corrected chi connectivity index (χ3v) is 3.87. The van der Waals surface area contributed by atoms with Crippen molar-refractivity contribution in [2.45, 2.75) is 11.3 Å². The van der Waals surface area contributed by atoms with Crippen LogP contribution in [0, 0.1) is 0 Å². The van der Waals surface area contributed by atoms with Crippen molar-refractivity contribution in [1.29, 1.82) is 0 Å². The summed E-state index contributed by atoms with van der Waals surface area (Å²) in [6.07, 6.45) is 1.01. The smallest absolute Gasteiger partial charge is 0.193 e. The van der Waals surface area contributed by atoms with Gasteiger partial charge in [0.05, 0.1) is 0 Å². The highest BCUT2D eigenvalue weighted by atomic mass is 32.2. The van der Waals surface area contributed by atoms with Gasteiger partial charge in [-0.15, -0.1) is 11.8 Å². The van der Waals surface area contributed by atoms with Crippen molar-refractivity contribution in [3.05, 3.63) is 65.7 Å². The summed E-state index contributed by atoms with van der Waals surface area (Å²) in [4.78, 5) is 13.4. The largest absolute Gasteiger partial charge is 0.330 e. The molecule has 2 nitrogen and oxygen atoms in total. The van der Waals surface area contributed by atoms with Crippen LogP contribution < -0.4 is 5.73 Å². The minimum atomic E-state index is 0.0686. The van der Waals surface area contributed by atoms with Crippen LogP contribution in [-0.4, -0.2) is 18.1 Å². The van der Waals surface area contributed by atoms with Crippen molar-refractivity contribution in [2.75, 3.05) is 12.3 Å². The summed E-state index contributed by atoms with van der Waals surface area (Å²) in [5.74, 6) is 1.08. The molecule has 2 aromatic rings. The number of carbonyl (C=O) groups is 1. The van der Waals surface area contributed by atoms with Crippen LogP contribution in [-0.2, 0) is 0 Å². The van der Waals surface area contributed by atoms with E-state index in [9.17, 15) is 4.79 Å². The lowest BCUT2D eigenvalue weighted by molar-refractivity contribution is 0.103. The van der Waals surface area contributed by atoms with E-state index in [-0.39, 0.29) is 5.78 Å². The Kier molecular flexibility index (Phi) is 5.19. The number of thioether (sulfide) groups is 1. The van der Waals surface area contributed by atoms with Gasteiger partial charge in [-0.05, 0) is 43.0 Å². The van der Waals surface area contributed by atoms with E-state index in [1.807, 2.05) is 54.6 Å². The van der Waals surface area contributed by atoms with Gasteiger partial charge < -0.3 is 5.73 Å². The molecule has 0 fully saturated rings. The van der Waals surface area contributed by atoms with Crippen molar-refractivity contribution in [2.24, 2.45) is 5.73 Å². The van der Waals surface area contributed by atoms with Crippen LogP contribution in [0.15, 0.2) is 59.5 Å². The molecule has 0 saturated heterocycles. The van der Waals surface area contributed by atoms with E-state index in [1.165, 1.54) is 4.90 Å². The van der Waals surface area contributed by atoms with E-state index >= 15 is 0 Å². The lowest BCUT2D eigenvalue weighted by Gasteiger charge is -2.03. The van der Waals surface area contributed by atoms with Gasteiger partial charge in [0, 0.05) is 16.0 Å². The van der Waals surface area contributed by atoms with Gasteiger partial charge in [0.25, 0.3) is 0 Å². The van der Waals surface area contributed by atoms with Crippen LogP contribution >= 0.6 is 11.8 Å². The number of ketones is 1. The van der Waals surface area contributed by atoms with Crippen LogP contribution in [0.3, 0.4) is 0 Å². The topological polar surface area (TPSA) is 43.1 Å². The van der Waals surface area contributed by atoms with Gasteiger partial charge in [-0.2, -0.15) is 0 Å². The van der Waals surface area contributed by atoms with Gasteiger partial charge in [-0.1, -0.05) is 30.3 Å². The van der Waals surface area contributed by atoms with Gasteiger partial charge in [0.2, 0.25) is 0 Å². The molecule has 2 aromatic carbocycles. The molecule has 2 rings (SSSR count). The minimum absolute atomic E-state index is 0.0686. The van der Waals surface area contributed by atoms with E-state index in [4.69, 9.17) is 5.73 Å². The molecule has 19 heavy (non-hydrogen) atoms. The van der Waals surface area contributed by atoms with Crippen LogP contribution in [0.2, 0.25) is 0 Å². The number of hydrogen-bond acceptors (Lipinski definition) is 3. The molecule has 3 heteroatoms. The zero-order valence-corrected chi connectivity index (χ0v) is 11.5. The SMILES string of the molecule is NCCCSc1ccc(C(=O)c2ccccc2)cc1. The van der Waals surface area contributed by atoms with Crippen molar-refractivity contribution >= 4 is 17.5 Å². The maximum absolute atomic E-state index is 12.2. The van der Waals surface area contributed by atoms with Crippen LogP contribution in [0.1, 0.15) is 22.3 Å². The third kappa shape index (κ3) is 3.94. The maximum Gasteiger partial charge on any atom is 0.193 e. The summed E-state index contributed by atoms with van der Waals surface area (Å²) < 4.78 is 0. The molecule has 0 heterocycles. The maximum atomic E-state index is 12.2. The Labute approximate surface area is 118 Å². The van der Waals surface area contributed by atoms with Gasteiger partial charge >= 0.3 is 0 Å². The van der Waals surface area contributed by atoms with Gasteiger partial charge in [0.1, 0.15) is 0 Å². The van der Waals surface area contributed by atoms with Gasteiger partial charge in [-0.25, -0.2) is 0 Å². The van der Waals surface area contributed by atoms with Crippen molar-refractivity contribution in [3.8, 4) is 0 Å². The fraction of sp³-hybridized carbons (Fsp3) is 0.188. The molecular formula is C16H17NOS. The molecule has 0 aliphatic rings. The first kappa shape index (κ1) is 13.8. The molecule has 0 aliphatic carbocycles. The molecule has 0 spiro atoms. The number of carbonyl (C=O) groups excluding carboxylic acids is 1. The summed E-state index contributed by atoms with van der Waals surface area (Å²) in [6.45, 7) is 0.720. The summed E-state index contributed by atoms with van der Waals surface area (Å²) in [5, 5.41) is 0. The van der Waals surface area contributed by atoms with Crippen LogP contribution in [0.25, 0.3) is 0 Å². The van der Waals surface area contributed by atoms with E-state index in [0.29, 0.717) is 0 Å². The predicted octanol–water partition coefficient (Wildman–Crippen LogP) is 3.36. The first-order valence-electron chi connectivity index (χ1n) is 6.34. The van der Waals surface area contributed by atoms with Crippen molar-refractivity contribution < 1.29 is 4.79 Å². The minimum Gasteiger partial charge on any atom is -0.330 e. The Morgan fingerprint density at radius 1 is 0.947 bits per heavy atom. The first-order valence-corrected chi connectivity index (χ1v) is 7.32. The molecule has 98 valence electrons. The van der Waals surface area contributed by atoms with Crippen LogP contribution in [0.4, 0.5) is 0 Å². The second-order valence-corrected chi connectivity index (χ2v) is 5.38. The fourth-order valence-electron chi connectivity index (χ4n) is 1.73. The molecule has 0 aromatic heterocycles. The summed E-state index contributed by atoms with van der Waals surface area (Å²) in [5.41, 5.74) is 6.92. The zero-order valence-electron chi connectivity index (χ0n) is 10.7. The fourth-order valence-corrected chi connectivity index (χ4v) is 2.61. The van der Waals surface area contributed by atoms with Crippen LogP contribution in [0.5, 0.6) is 0 Å². The normalized spacial score (nSPS) is 10.4. The Balaban J connectivity index is 2.04. The van der Waals surface area contributed by atoms with Gasteiger partial charge in [-0.3, -0.25) is 4.79 Å². The molecular weight excluding hydrogens is 254 g/mol. The average molecular weight is 271 g/mol. The highest BCUT2D eigenvalue weighted by molar-refractivity contribution is 7.99. The number of benzene rings is 2. The van der Waals surface area contributed by atoms with E-state index in [0.717, 1.165) is 29.8 Å². The monoisotopic (exact) mass is 271 g/mol. The van der Waals surface area contributed by atoms with E-state index < -0.39 is 0 Å². The van der Waals surface area contributed by atoms with Gasteiger partial charge in [0.15, 0.2) is 5.78 Å². The van der Waals surface area contributed by atoms with E-state index in [1.54, 1.807) is 11.8 Å². The summed E-state index contributed by atoms with van der Waals surface area (Å²) >= 11 is 1.77. The average Bonchev–Trinajstić information content (AvgIpc) is 2.48. The lowest BCUT2D eigenvalue weighted by atomic mass is 10.0. The number of nitrogens with two attached hydrogens (primary N) is 1. The second kappa shape index (κ2) is 7.12. The standard InChI is InChI=1S/C16H17NOS/c17-11-4-12-19-15-9-7-14(8-10-15)16(18)13-5-2-1-3-6-13/h1-3,5-10H,4,11-12,17H2. The molecule has 0 aliphatic heterocycles. The summed E-state index contributed by atoms with van der Waals surface area (Å²) in [6, 6.07) is 17.1. The Hall–Kier alpha value is -1.58. The molecule has 0 amide bonds. The number of rotatable bonds is 6. The molecule has 0 bridgehead atoms. The Morgan fingerprint density at radius 3 is 2.21 bits per heavy atom.